The molecule has 0 radical (unpaired) electrons. The largest absolute Gasteiger partial charge is 0.457 e. The van der Waals surface area contributed by atoms with Gasteiger partial charge >= 0.3 is 0 Å². The molecule has 4 fully saturated rings. The van der Waals surface area contributed by atoms with Gasteiger partial charge in [0.2, 0.25) is 0 Å². The quantitative estimate of drug-likeness (QED) is 0.175. The Bertz CT molecular complexity index is 2430. The summed E-state index contributed by atoms with van der Waals surface area (Å²) in [6.07, 6.45) is 9.14. The van der Waals surface area contributed by atoms with E-state index in [1.54, 1.807) is 0 Å². The van der Waals surface area contributed by atoms with Crippen molar-refractivity contribution in [2.75, 3.05) is 4.90 Å². The van der Waals surface area contributed by atoms with Crippen LogP contribution in [0.3, 0.4) is 0 Å². The molecule has 12 rings (SSSR count). The van der Waals surface area contributed by atoms with E-state index >= 15 is 0 Å². The normalized spacial score (nSPS) is 25.9. The molecule has 1 spiro atoms. The molecule has 0 unspecified atom stereocenters. The van der Waals surface area contributed by atoms with Crippen LogP contribution in [0.1, 0.15) is 94.9 Å². The van der Waals surface area contributed by atoms with Gasteiger partial charge in [0.05, 0.1) is 5.69 Å². The van der Waals surface area contributed by atoms with Crippen LogP contribution in [0.25, 0.3) is 22.3 Å². The van der Waals surface area contributed by atoms with Crippen LogP contribution in [-0.4, -0.2) is 0 Å². The molecule has 4 bridgehead atoms. The molecule has 280 valence electrons. The van der Waals surface area contributed by atoms with Crippen molar-refractivity contribution in [2.45, 2.75) is 88.9 Å². The molecule has 6 aromatic carbocycles. The summed E-state index contributed by atoms with van der Waals surface area (Å²) in [5.74, 6) is 5.10. The van der Waals surface area contributed by atoms with E-state index in [4.69, 9.17) is 4.74 Å². The van der Waals surface area contributed by atoms with Crippen LogP contribution >= 0.6 is 0 Å². The minimum absolute atomic E-state index is 0.0493. The number of nitrogens with zero attached hydrogens (tertiary/aromatic N) is 1. The summed E-state index contributed by atoms with van der Waals surface area (Å²) < 4.78 is 7.09. The number of fused-ring (bicyclic) bond motifs is 3. The molecule has 56 heavy (non-hydrogen) atoms. The fourth-order valence-corrected chi connectivity index (χ4v) is 12.6. The number of hydrogen-bond acceptors (Lipinski definition) is 2. The van der Waals surface area contributed by atoms with Crippen LogP contribution in [0, 0.1) is 23.7 Å². The number of hydrogen-bond donors (Lipinski definition) is 0. The van der Waals surface area contributed by atoms with Gasteiger partial charge in [-0.05, 0) is 150 Å². The number of anilines is 3. The van der Waals surface area contributed by atoms with Crippen molar-refractivity contribution >= 4 is 17.1 Å². The number of rotatable bonds is 5. The molecular weight excluding hydrogens is 679 g/mol. The van der Waals surface area contributed by atoms with E-state index < -0.39 is 0 Å². The van der Waals surface area contributed by atoms with E-state index in [-0.39, 0.29) is 16.2 Å². The van der Waals surface area contributed by atoms with E-state index in [1.165, 1.54) is 107 Å². The highest BCUT2D eigenvalue weighted by Crippen LogP contribution is 2.69. The maximum atomic E-state index is 7.09. The van der Waals surface area contributed by atoms with E-state index in [0.717, 1.165) is 23.3 Å². The Morgan fingerprint density at radius 2 is 1.04 bits per heavy atom. The maximum Gasteiger partial charge on any atom is 0.132 e. The first-order valence-electron chi connectivity index (χ1n) is 21.3. The van der Waals surface area contributed by atoms with Crippen LogP contribution in [0.2, 0.25) is 0 Å². The van der Waals surface area contributed by atoms with Crippen molar-refractivity contribution in [1.29, 1.82) is 0 Å². The van der Waals surface area contributed by atoms with Crippen molar-refractivity contribution in [3.63, 3.8) is 0 Å². The Morgan fingerprint density at radius 1 is 0.464 bits per heavy atom. The summed E-state index contributed by atoms with van der Waals surface area (Å²) in [6, 6.07) is 52.6. The monoisotopic (exact) mass is 731 g/mol. The summed E-state index contributed by atoms with van der Waals surface area (Å²) >= 11 is 0. The third-order valence-electron chi connectivity index (χ3n) is 15.2. The van der Waals surface area contributed by atoms with Gasteiger partial charge < -0.3 is 9.64 Å². The molecule has 6 aliphatic rings. The van der Waals surface area contributed by atoms with Gasteiger partial charge in [0.25, 0.3) is 0 Å². The molecule has 6 aromatic rings. The summed E-state index contributed by atoms with van der Waals surface area (Å²) in [4.78, 5) is 2.58. The molecule has 5 aliphatic carbocycles. The van der Waals surface area contributed by atoms with Crippen molar-refractivity contribution < 1.29 is 4.74 Å². The van der Waals surface area contributed by atoms with Crippen LogP contribution in [0.4, 0.5) is 17.1 Å². The molecule has 0 N–H and O–H groups in total. The van der Waals surface area contributed by atoms with Gasteiger partial charge in [0.1, 0.15) is 11.5 Å². The van der Waals surface area contributed by atoms with Gasteiger partial charge in [-0.1, -0.05) is 125 Å². The Kier molecular flexibility index (Phi) is 7.61. The number of ether oxygens (including phenoxy) is 1. The molecule has 0 amide bonds. The van der Waals surface area contributed by atoms with Crippen LogP contribution in [0.15, 0.2) is 140 Å². The fourth-order valence-electron chi connectivity index (χ4n) is 12.6. The highest BCUT2D eigenvalue weighted by Gasteiger charge is 2.61. The van der Waals surface area contributed by atoms with Gasteiger partial charge in [-0.3, -0.25) is 0 Å². The van der Waals surface area contributed by atoms with Gasteiger partial charge in [0, 0.05) is 33.5 Å². The zero-order valence-corrected chi connectivity index (χ0v) is 33.4. The van der Waals surface area contributed by atoms with Crippen molar-refractivity contribution in [3.8, 4) is 33.8 Å². The fraction of sp³-hybridized carbons (Fsp3) is 0.333. The molecule has 4 saturated carbocycles. The molecule has 0 saturated heterocycles. The third-order valence-corrected chi connectivity index (χ3v) is 15.2. The Morgan fingerprint density at radius 3 is 1.71 bits per heavy atom. The smallest absolute Gasteiger partial charge is 0.132 e. The average molecular weight is 732 g/mol. The molecule has 0 atom stereocenters. The lowest BCUT2D eigenvalue weighted by molar-refractivity contribution is -0.0452. The zero-order chi connectivity index (χ0) is 37.8. The van der Waals surface area contributed by atoms with E-state index in [0.29, 0.717) is 11.8 Å². The van der Waals surface area contributed by atoms with Gasteiger partial charge in [-0.2, -0.15) is 0 Å². The predicted molar refractivity (Wildman–Crippen MR) is 232 cm³/mol. The SMILES string of the molecule is CC1(C)CCC(C)(C)c2cc(N(c3ccc(-c4ccccc4)cc3)c3cc4c(cc3-c3ccccc3)Oc3ccccc3C43C4CC5CC(C4)CC3C5)ccc21. The minimum atomic E-state index is -0.0493. The summed E-state index contributed by atoms with van der Waals surface area (Å²) in [5.41, 5.74) is 14.5. The van der Waals surface area contributed by atoms with Crippen molar-refractivity contribution in [2.24, 2.45) is 23.7 Å². The van der Waals surface area contributed by atoms with Gasteiger partial charge in [-0.25, -0.2) is 0 Å². The van der Waals surface area contributed by atoms with Gasteiger partial charge in [-0.15, -0.1) is 0 Å². The molecule has 0 aromatic heterocycles. The van der Waals surface area contributed by atoms with E-state index in [2.05, 4.69) is 172 Å². The molecule has 2 nitrogen and oxygen atoms in total. The lowest BCUT2D eigenvalue weighted by Gasteiger charge is -2.63. The molecule has 2 heteroatoms. The second-order valence-electron chi connectivity index (χ2n) is 19.2. The van der Waals surface area contributed by atoms with Crippen LogP contribution < -0.4 is 9.64 Å². The predicted octanol–water partition coefficient (Wildman–Crippen LogP) is 14.7. The number of para-hydroxylation sites is 1. The first-order valence-corrected chi connectivity index (χ1v) is 21.3. The number of benzene rings is 6. The van der Waals surface area contributed by atoms with Gasteiger partial charge in [0.15, 0.2) is 0 Å². The topological polar surface area (TPSA) is 12.5 Å². The molecule has 1 aliphatic heterocycles. The third kappa shape index (κ3) is 5.13. The van der Waals surface area contributed by atoms with Crippen molar-refractivity contribution in [3.05, 3.63) is 162 Å². The first kappa shape index (κ1) is 34.2. The molecule has 1 heterocycles. The zero-order valence-electron chi connectivity index (χ0n) is 33.4. The van der Waals surface area contributed by atoms with Crippen LogP contribution in [-0.2, 0) is 16.2 Å². The highest BCUT2D eigenvalue weighted by molar-refractivity contribution is 5.91. The Hall–Kier alpha value is -5.08. The van der Waals surface area contributed by atoms with E-state index in [9.17, 15) is 0 Å². The van der Waals surface area contributed by atoms with E-state index in [1.807, 2.05) is 0 Å². The maximum absolute atomic E-state index is 7.09. The molecular formula is C54H53NO. The van der Waals surface area contributed by atoms with Crippen molar-refractivity contribution in [1.82, 2.24) is 0 Å². The second kappa shape index (κ2) is 12.5. The average Bonchev–Trinajstić information content (AvgIpc) is 3.22. The Labute approximate surface area is 333 Å². The Balaban J connectivity index is 1.18. The summed E-state index contributed by atoms with van der Waals surface area (Å²) in [5, 5.41) is 0. The second-order valence-corrected chi connectivity index (χ2v) is 19.2. The standard InChI is InChI=1S/C54H53NO/c1-52(2)25-26-53(3,4)47-32-43(23-24-45(47)52)55(42-21-19-38(20-22-42)37-13-7-5-8-14-37)49-34-48-51(33-44(49)39-15-9-6-10-16-39)56-50-18-12-11-17-46(50)54(48)40-28-35-27-36(30-40)31-41(54)29-35/h5-24,32-36,40-41H,25-31H2,1-4H3. The first-order chi connectivity index (χ1) is 27.2. The summed E-state index contributed by atoms with van der Waals surface area (Å²) in [6.45, 7) is 9.76. The van der Waals surface area contributed by atoms with Crippen LogP contribution in [0.5, 0.6) is 11.5 Å². The highest BCUT2D eigenvalue weighted by atomic mass is 16.5. The lowest BCUT2D eigenvalue weighted by Crippen LogP contribution is -2.57. The lowest BCUT2D eigenvalue weighted by atomic mass is 9.41. The summed E-state index contributed by atoms with van der Waals surface area (Å²) in [7, 11) is 0. The minimum Gasteiger partial charge on any atom is -0.457 e.